The predicted molar refractivity (Wildman–Crippen MR) is 114 cm³/mol. The predicted octanol–water partition coefficient (Wildman–Crippen LogP) is 4.24. The van der Waals surface area contributed by atoms with Crippen molar-refractivity contribution in [3.8, 4) is 11.4 Å². The first kappa shape index (κ1) is 21.7. The number of H-pyrrole nitrogens is 1. The standard InChI is InChI=1S/C18H16ClN5O2S.ClH/c1-11(25)20-14-6-8-15(9-7-14)21-16(26)10-27-18-22-17(23-24-18)12-2-4-13(19)5-3-12;/h2-9H,10H2,1H3,(H,20,25)(H,21,26)(H,22,23,24);1H. The first-order chi connectivity index (χ1) is 13.0. The summed E-state index contributed by atoms with van der Waals surface area (Å²) in [7, 11) is 0. The number of aromatic nitrogens is 3. The minimum Gasteiger partial charge on any atom is -0.326 e. The number of nitrogens with zero attached hydrogens (tertiary/aromatic N) is 2. The molecule has 2 aromatic carbocycles. The fraction of sp³-hybridized carbons (Fsp3) is 0.111. The van der Waals surface area contributed by atoms with Crippen LogP contribution in [0.25, 0.3) is 11.4 Å². The monoisotopic (exact) mass is 437 g/mol. The average Bonchev–Trinajstić information content (AvgIpc) is 3.11. The molecule has 0 radical (unpaired) electrons. The second-order valence-electron chi connectivity index (χ2n) is 5.57. The summed E-state index contributed by atoms with van der Waals surface area (Å²) in [5.41, 5.74) is 2.18. The van der Waals surface area contributed by atoms with Crippen molar-refractivity contribution in [3.63, 3.8) is 0 Å². The van der Waals surface area contributed by atoms with E-state index in [1.165, 1.54) is 18.7 Å². The Morgan fingerprint density at radius 3 is 2.25 bits per heavy atom. The molecule has 0 fully saturated rings. The number of carbonyl (C=O) groups is 2. The molecular formula is C18H17Cl2N5O2S. The molecule has 10 heteroatoms. The van der Waals surface area contributed by atoms with E-state index in [1.807, 2.05) is 12.1 Å². The van der Waals surface area contributed by atoms with Gasteiger partial charge in [-0.25, -0.2) is 4.98 Å². The third-order valence-electron chi connectivity index (χ3n) is 3.40. The fourth-order valence-corrected chi connectivity index (χ4v) is 2.94. The van der Waals surface area contributed by atoms with Gasteiger partial charge in [-0.3, -0.25) is 14.7 Å². The van der Waals surface area contributed by atoms with Gasteiger partial charge in [0.15, 0.2) is 5.82 Å². The Kier molecular flexibility index (Phi) is 7.86. The Labute approximate surface area is 177 Å². The van der Waals surface area contributed by atoms with Crippen LogP contribution in [-0.4, -0.2) is 32.7 Å². The number of rotatable bonds is 6. The first-order valence-corrected chi connectivity index (χ1v) is 9.34. The number of anilines is 2. The molecule has 3 aromatic rings. The SMILES string of the molecule is CC(=O)Nc1ccc(NC(=O)CSc2n[nH]c(-c3ccc(Cl)cc3)n2)cc1.Cl. The molecule has 0 unspecified atom stereocenters. The van der Waals surface area contributed by atoms with E-state index < -0.39 is 0 Å². The van der Waals surface area contributed by atoms with Crippen molar-refractivity contribution in [2.75, 3.05) is 16.4 Å². The molecule has 28 heavy (non-hydrogen) atoms. The lowest BCUT2D eigenvalue weighted by molar-refractivity contribution is -0.114. The molecule has 0 aliphatic rings. The van der Waals surface area contributed by atoms with Crippen molar-refractivity contribution in [2.24, 2.45) is 0 Å². The molecule has 0 spiro atoms. The van der Waals surface area contributed by atoms with E-state index in [-0.39, 0.29) is 30.0 Å². The largest absolute Gasteiger partial charge is 0.326 e. The van der Waals surface area contributed by atoms with E-state index in [0.29, 0.717) is 27.4 Å². The van der Waals surface area contributed by atoms with E-state index in [1.54, 1.807) is 36.4 Å². The highest BCUT2D eigenvalue weighted by molar-refractivity contribution is 7.99. The van der Waals surface area contributed by atoms with E-state index >= 15 is 0 Å². The van der Waals surface area contributed by atoms with E-state index in [9.17, 15) is 9.59 Å². The zero-order valence-electron chi connectivity index (χ0n) is 14.7. The summed E-state index contributed by atoms with van der Waals surface area (Å²) in [6.07, 6.45) is 0. The Morgan fingerprint density at radius 2 is 1.64 bits per heavy atom. The highest BCUT2D eigenvalue weighted by atomic mass is 35.5. The Morgan fingerprint density at radius 1 is 1.04 bits per heavy atom. The quantitative estimate of drug-likeness (QED) is 0.500. The molecule has 7 nitrogen and oxygen atoms in total. The Balaban J connectivity index is 0.00000280. The van der Waals surface area contributed by atoms with Crippen molar-refractivity contribution in [3.05, 3.63) is 53.6 Å². The number of amides is 2. The number of hydrogen-bond acceptors (Lipinski definition) is 5. The van der Waals surface area contributed by atoms with Crippen LogP contribution in [0.3, 0.4) is 0 Å². The number of aromatic amines is 1. The maximum absolute atomic E-state index is 12.1. The van der Waals surface area contributed by atoms with Crippen LogP contribution in [0.15, 0.2) is 53.7 Å². The molecular weight excluding hydrogens is 421 g/mol. The van der Waals surface area contributed by atoms with Crippen LogP contribution in [-0.2, 0) is 9.59 Å². The number of carbonyl (C=O) groups excluding carboxylic acids is 2. The van der Waals surface area contributed by atoms with E-state index in [4.69, 9.17) is 11.6 Å². The van der Waals surface area contributed by atoms with Crippen LogP contribution in [0.2, 0.25) is 5.02 Å². The summed E-state index contributed by atoms with van der Waals surface area (Å²) in [5, 5.41) is 13.5. The number of thioether (sulfide) groups is 1. The van der Waals surface area contributed by atoms with Crippen molar-refractivity contribution in [1.82, 2.24) is 15.2 Å². The van der Waals surface area contributed by atoms with Crippen LogP contribution in [0.4, 0.5) is 11.4 Å². The number of benzene rings is 2. The van der Waals surface area contributed by atoms with E-state index in [0.717, 1.165) is 5.56 Å². The molecule has 0 bridgehead atoms. The fourth-order valence-electron chi connectivity index (χ4n) is 2.22. The van der Waals surface area contributed by atoms with Gasteiger partial charge in [0.1, 0.15) is 0 Å². The number of hydrogen-bond donors (Lipinski definition) is 3. The molecule has 1 aromatic heterocycles. The molecule has 1 heterocycles. The minimum absolute atomic E-state index is 0. The van der Waals surface area contributed by atoms with Crippen molar-refractivity contribution in [1.29, 1.82) is 0 Å². The summed E-state index contributed by atoms with van der Waals surface area (Å²) in [4.78, 5) is 27.4. The second kappa shape index (κ2) is 10.1. The van der Waals surface area contributed by atoms with E-state index in [2.05, 4.69) is 25.8 Å². The highest BCUT2D eigenvalue weighted by Gasteiger charge is 2.09. The van der Waals surface area contributed by atoms with Gasteiger partial charge in [0.05, 0.1) is 5.75 Å². The van der Waals surface area contributed by atoms with Crippen LogP contribution in [0.1, 0.15) is 6.92 Å². The van der Waals surface area contributed by atoms with Gasteiger partial charge in [-0.15, -0.1) is 17.5 Å². The molecule has 0 saturated carbocycles. The van der Waals surface area contributed by atoms with Gasteiger partial charge in [0, 0.05) is 28.9 Å². The van der Waals surface area contributed by atoms with Crippen LogP contribution < -0.4 is 10.6 Å². The zero-order valence-corrected chi connectivity index (χ0v) is 17.1. The highest BCUT2D eigenvalue weighted by Crippen LogP contribution is 2.21. The summed E-state index contributed by atoms with van der Waals surface area (Å²) in [5.74, 6) is 0.464. The van der Waals surface area contributed by atoms with Crippen LogP contribution in [0, 0.1) is 0 Å². The smallest absolute Gasteiger partial charge is 0.234 e. The third kappa shape index (κ3) is 6.26. The second-order valence-corrected chi connectivity index (χ2v) is 6.95. The maximum Gasteiger partial charge on any atom is 0.234 e. The van der Waals surface area contributed by atoms with Gasteiger partial charge < -0.3 is 10.6 Å². The lowest BCUT2D eigenvalue weighted by atomic mass is 10.2. The normalized spacial score (nSPS) is 10.1. The summed E-state index contributed by atoms with van der Waals surface area (Å²) >= 11 is 7.10. The molecule has 3 rings (SSSR count). The minimum atomic E-state index is -0.176. The molecule has 0 aliphatic heterocycles. The van der Waals surface area contributed by atoms with Gasteiger partial charge >= 0.3 is 0 Å². The summed E-state index contributed by atoms with van der Waals surface area (Å²) in [6.45, 7) is 1.44. The summed E-state index contributed by atoms with van der Waals surface area (Å²) < 4.78 is 0. The lowest BCUT2D eigenvalue weighted by Gasteiger charge is -2.06. The maximum atomic E-state index is 12.1. The average molecular weight is 438 g/mol. The molecule has 0 aliphatic carbocycles. The molecule has 0 saturated heterocycles. The van der Waals surface area contributed by atoms with Crippen molar-refractivity contribution < 1.29 is 9.59 Å². The van der Waals surface area contributed by atoms with Gasteiger partial charge in [-0.2, -0.15) is 0 Å². The van der Waals surface area contributed by atoms with Crippen molar-refractivity contribution >= 4 is 59.0 Å². The van der Waals surface area contributed by atoms with Crippen molar-refractivity contribution in [2.45, 2.75) is 12.1 Å². The van der Waals surface area contributed by atoms with Gasteiger partial charge in [0.25, 0.3) is 0 Å². The molecule has 0 atom stereocenters. The number of halogens is 2. The molecule has 3 N–H and O–H groups in total. The first-order valence-electron chi connectivity index (χ1n) is 7.98. The van der Waals surface area contributed by atoms with Gasteiger partial charge in [0.2, 0.25) is 17.0 Å². The van der Waals surface area contributed by atoms with Crippen LogP contribution >= 0.6 is 35.8 Å². The molecule has 2 amide bonds. The van der Waals surface area contributed by atoms with Gasteiger partial charge in [-0.1, -0.05) is 23.4 Å². The Bertz CT molecular complexity index is 945. The number of nitrogens with one attached hydrogen (secondary N) is 3. The Hall–Kier alpha value is -2.55. The third-order valence-corrected chi connectivity index (χ3v) is 4.50. The zero-order chi connectivity index (χ0) is 19.2. The molecule has 146 valence electrons. The topological polar surface area (TPSA) is 99.8 Å². The summed E-state index contributed by atoms with van der Waals surface area (Å²) in [6, 6.07) is 14.1. The van der Waals surface area contributed by atoms with Gasteiger partial charge in [-0.05, 0) is 48.5 Å². The van der Waals surface area contributed by atoms with Crippen LogP contribution in [0.5, 0.6) is 0 Å². The lowest BCUT2D eigenvalue weighted by Crippen LogP contribution is -2.14.